The Bertz CT molecular complexity index is 1100. The number of carbonyl (C=O) groups excluding carboxylic acids is 1. The maximum absolute atomic E-state index is 12.3. The van der Waals surface area contributed by atoms with Gasteiger partial charge in [-0.05, 0) is 19.9 Å². The first-order valence-electron chi connectivity index (χ1n) is 8.29. The van der Waals surface area contributed by atoms with Gasteiger partial charge in [0.2, 0.25) is 5.91 Å². The summed E-state index contributed by atoms with van der Waals surface area (Å²) in [5, 5.41) is 22.0. The van der Waals surface area contributed by atoms with Crippen molar-refractivity contribution in [2.45, 2.75) is 25.6 Å². The highest BCUT2D eigenvalue weighted by Gasteiger charge is 2.33. The van der Waals surface area contributed by atoms with Crippen LogP contribution in [0.5, 0.6) is 0 Å². The van der Waals surface area contributed by atoms with Gasteiger partial charge in [0.05, 0.1) is 11.8 Å². The Morgan fingerprint density at radius 1 is 1.31 bits per heavy atom. The topological polar surface area (TPSA) is 132 Å². The number of anilines is 1. The molecule has 3 aromatic rings. The average Bonchev–Trinajstić information content (AvgIpc) is 3.08. The molecule has 0 radical (unpaired) electrons. The van der Waals surface area contributed by atoms with Crippen molar-refractivity contribution < 1.29 is 18.0 Å². The first-order chi connectivity index (χ1) is 13.6. The van der Waals surface area contributed by atoms with Crippen LogP contribution in [0.25, 0.3) is 22.4 Å². The minimum Gasteiger partial charge on any atom is -0.355 e. The predicted octanol–water partition coefficient (Wildman–Crippen LogP) is 2.16. The molecular formula is C17H15F3N8O. The highest BCUT2D eigenvalue weighted by atomic mass is 19.4. The number of carbonyl (C=O) groups is 1. The summed E-state index contributed by atoms with van der Waals surface area (Å²) in [6.45, 7) is 1.39. The summed E-state index contributed by atoms with van der Waals surface area (Å²) in [6, 6.07) is 3.61. The summed E-state index contributed by atoms with van der Waals surface area (Å²) in [4.78, 5) is 23.4. The molecule has 150 valence electrons. The first-order valence-corrected chi connectivity index (χ1v) is 8.29. The summed E-state index contributed by atoms with van der Waals surface area (Å²) >= 11 is 0. The molecule has 0 bridgehead atoms. The van der Waals surface area contributed by atoms with Crippen molar-refractivity contribution in [1.82, 2.24) is 30.5 Å². The molecule has 0 atom stereocenters. The number of hydrogen-bond acceptors (Lipinski definition) is 7. The van der Waals surface area contributed by atoms with E-state index in [0.717, 1.165) is 0 Å². The second-order valence-electron chi connectivity index (χ2n) is 6.65. The minimum atomic E-state index is -4.51. The third-order valence-corrected chi connectivity index (χ3v) is 3.92. The van der Waals surface area contributed by atoms with E-state index in [2.05, 4.69) is 30.5 Å². The van der Waals surface area contributed by atoms with Gasteiger partial charge in [-0.2, -0.15) is 23.5 Å². The highest BCUT2D eigenvalue weighted by molar-refractivity contribution is 5.92. The highest BCUT2D eigenvalue weighted by Crippen LogP contribution is 2.26. The zero-order valence-electron chi connectivity index (χ0n) is 15.3. The number of nitriles is 1. The largest absolute Gasteiger partial charge is 0.405 e. The van der Waals surface area contributed by atoms with Crippen LogP contribution in [-0.4, -0.2) is 49.3 Å². The van der Waals surface area contributed by atoms with E-state index in [4.69, 9.17) is 5.26 Å². The molecule has 0 saturated heterocycles. The Hall–Kier alpha value is -3.75. The van der Waals surface area contributed by atoms with E-state index in [-0.39, 0.29) is 11.6 Å². The minimum absolute atomic E-state index is 0.140. The number of alkyl halides is 3. The summed E-state index contributed by atoms with van der Waals surface area (Å²) in [5.41, 5.74) is 0.00449. The number of halogens is 3. The van der Waals surface area contributed by atoms with Crippen LogP contribution in [0.15, 0.2) is 24.7 Å². The number of H-pyrrole nitrogens is 1. The van der Waals surface area contributed by atoms with E-state index in [9.17, 15) is 18.0 Å². The molecule has 3 rings (SSSR count). The van der Waals surface area contributed by atoms with Gasteiger partial charge in [0.15, 0.2) is 5.82 Å². The maximum atomic E-state index is 12.3. The molecule has 0 fully saturated rings. The molecule has 12 heteroatoms. The fourth-order valence-corrected chi connectivity index (χ4v) is 2.51. The van der Waals surface area contributed by atoms with Crippen LogP contribution in [0.4, 0.5) is 19.0 Å². The quantitative estimate of drug-likeness (QED) is 0.593. The van der Waals surface area contributed by atoms with Gasteiger partial charge < -0.3 is 15.6 Å². The molecule has 0 aliphatic rings. The monoisotopic (exact) mass is 404 g/mol. The molecule has 3 heterocycles. The number of rotatable bonds is 5. The van der Waals surface area contributed by atoms with Gasteiger partial charge in [0.1, 0.15) is 29.6 Å². The Balaban J connectivity index is 1.85. The molecule has 3 aromatic heterocycles. The zero-order valence-corrected chi connectivity index (χ0v) is 15.3. The smallest absolute Gasteiger partial charge is 0.355 e. The summed E-state index contributed by atoms with van der Waals surface area (Å²) in [7, 11) is 0. The van der Waals surface area contributed by atoms with Crippen molar-refractivity contribution >= 4 is 22.8 Å². The van der Waals surface area contributed by atoms with Gasteiger partial charge in [-0.15, -0.1) is 5.10 Å². The number of aromatic nitrogens is 5. The summed E-state index contributed by atoms with van der Waals surface area (Å²) < 4.78 is 37.0. The van der Waals surface area contributed by atoms with Gasteiger partial charge in [0.25, 0.3) is 0 Å². The van der Waals surface area contributed by atoms with E-state index in [1.54, 1.807) is 12.3 Å². The molecule has 0 aromatic carbocycles. The zero-order chi connectivity index (χ0) is 21.2. The Morgan fingerprint density at radius 3 is 2.76 bits per heavy atom. The van der Waals surface area contributed by atoms with Crippen LogP contribution >= 0.6 is 0 Å². The normalized spacial score (nSPS) is 11.9. The van der Waals surface area contributed by atoms with Crippen LogP contribution in [-0.2, 0) is 4.79 Å². The van der Waals surface area contributed by atoms with E-state index in [1.165, 1.54) is 26.2 Å². The van der Waals surface area contributed by atoms with Crippen LogP contribution in [0.3, 0.4) is 0 Å². The maximum Gasteiger partial charge on any atom is 0.405 e. The van der Waals surface area contributed by atoms with E-state index in [0.29, 0.717) is 22.2 Å². The fourth-order valence-electron chi connectivity index (χ4n) is 2.51. The van der Waals surface area contributed by atoms with Crippen LogP contribution < -0.4 is 10.6 Å². The van der Waals surface area contributed by atoms with Crippen molar-refractivity contribution in [3.63, 3.8) is 0 Å². The lowest BCUT2D eigenvalue weighted by Crippen LogP contribution is -2.50. The van der Waals surface area contributed by atoms with Crippen LogP contribution in [0.2, 0.25) is 0 Å². The molecule has 29 heavy (non-hydrogen) atoms. The standard InChI is InChI=1S/C17H15F3N8O/c1-16(2,15(29)24-8-17(18,19)20)27-12-7-25-28-14(26-12)11-6-23-13-10(11)3-9(4-21)5-22-13/h3,5-7H,8H2,1-2H3,(H,22,23)(H,24,29)(H,26,27,28). The molecule has 9 nitrogen and oxygen atoms in total. The Morgan fingerprint density at radius 2 is 2.07 bits per heavy atom. The number of nitrogens with one attached hydrogen (secondary N) is 3. The third kappa shape index (κ3) is 4.57. The number of aromatic amines is 1. The molecule has 0 saturated carbocycles. The van der Waals surface area contributed by atoms with E-state index < -0.39 is 24.2 Å². The second kappa shape index (κ2) is 7.34. The summed E-state index contributed by atoms with van der Waals surface area (Å²) in [6.07, 6.45) is -0.250. The van der Waals surface area contributed by atoms with Crippen molar-refractivity contribution in [3.8, 4) is 17.5 Å². The SMILES string of the molecule is CC(C)(Nc1cnnc(-c2c[nH]c3ncc(C#N)cc23)n1)C(=O)NCC(F)(F)F. The number of hydrogen-bond donors (Lipinski definition) is 3. The fraction of sp³-hybridized carbons (Fsp3) is 0.294. The van der Waals surface area contributed by atoms with Crippen molar-refractivity contribution in [1.29, 1.82) is 5.26 Å². The molecule has 3 N–H and O–H groups in total. The van der Waals surface area contributed by atoms with Gasteiger partial charge in [-0.3, -0.25) is 4.79 Å². The third-order valence-electron chi connectivity index (χ3n) is 3.92. The van der Waals surface area contributed by atoms with E-state index in [1.807, 2.05) is 11.4 Å². The lowest BCUT2D eigenvalue weighted by molar-refractivity contribution is -0.140. The Kier molecular flexibility index (Phi) is 5.06. The molecule has 1 amide bonds. The van der Waals surface area contributed by atoms with Crippen molar-refractivity contribution in [3.05, 3.63) is 30.2 Å². The van der Waals surface area contributed by atoms with Gasteiger partial charge >= 0.3 is 6.18 Å². The molecule has 0 aliphatic heterocycles. The van der Waals surface area contributed by atoms with E-state index >= 15 is 0 Å². The number of nitrogens with zero attached hydrogens (tertiary/aromatic N) is 5. The van der Waals surface area contributed by atoms with Crippen molar-refractivity contribution in [2.75, 3.05) is 11.9 Å². The predicted molar refractivity (Wildman–Crippen MR) is 96.4 cm³/mol. The average molecular weight is 404 g/mol. The molecule has 0 spiro atoms. The summed E-state index contributed by atoms with van der Waals surface area (Å²) in [5.74, 6) is -0.532. The number of fused-ring (bicyclic) bond motifs is 1. The van der Waals surface area contributed by atoms with Gasteiger partial charge in [-0.1, -0.05) is 0 Å². The van der Waals surface area contributed by atoms with Crippen LogP contribution in [0, 0.1) is 11.3 Å². The molecular weight excluding hydrogens is 389 g/mol. The molecule has 0 aliphatic carbocycles. The first kappa shape index (κ1) is 20.0. The number of pyridine rings is 1. The Labute approximate surface area is 162 Å². The lowest BCUT2D eigenvalue weighted by atomic mass is 10.0. The number of amides is 1. The molecule has 0 unspecified atom stereocenters. The van der Waals surface area contributed by atoms with Gasteiger partial charge in [0, 0.05) is 23.3 Å². The van der Waals surface area contributed by atoms with Crippen molar-refractivity contribution in [2.24, 2.45) is 0 Å². The lowest BCUT2D eigenvalue weighted by Gasteiger charge is -2.25. The van der Waals surface area contributed by atoms with Gasteiger partial charge in [-0.25, -0.2) is 9.97 Å². The second-order valence-corrected chi connectivity index (χ2v) is 6.65. The van der Waals surface area contributed by atoms with Crippen LogP contribution in [0.1, 0.15) is 19.4 Å².